The first kappa shape index (κ1) is 8.11. The number of primary amides is 1. The molecule has 74 valence electrons. The van der Waals surface area contributed by atoms with Gasteiger partial charge in [-0.25, -0.2) is 9.36 Å². The van der Waals surface area contributed by atoms with Crippen LogP contribution in [0, 0.1) is 0 Å². The zero-order valence-electron chi connectivity index (χ0n) is 7.90. The van der Waals surface area contributed by atoms with Gasteiger partial charge in [0.25, 0.3) is 0 Å². The fraction of sp³-hybridized carbons (Fsp3) is 0. The highest BCUT2D eigenvalue weighted by molar-refractivity contribution is 5.88. The van der Waals surface area contributed by atoms with Crippen molar-refractivity contribution in [1.29, 1.82) is 0 Å². The van der Waals surface area contributed by atoms with Gasteiger partial charge < -0.3 is 10.7 Å². The molecule has 1 amide bonds. The van der Waals surface area contributed by atoms with Crippen LogP contribution in [0.15, 0.2) is 36.0 Å². The van der Waals surface area contributed by atoms with Crippen LogP contribution in [-0.4, -0.2) is 15.6 Å². The molecule has 1 aromatic rings. The molecule has 0 radical (unpaired) electrons. The van der Waals surface area contributed by atoms with Gasteiger partial charge in [-0.15, -0.1) is 0 Å². The number of nitrogens with zero attached hydrogens (tertiary/aromatic N) is 1. The van der Waals surface area contributed by atoms with Gasteiger partial charge in [-0.3, -0.25) is 0 Å². The van der Waals surface area contributed by atoms with Gasteiger partial charge in [0, 0.05) is 5.57 Å². The van der Waals surface area contributed by atoms with Crippen LogP contribution < -0.4 is 16.7 Å². The quantitative estimate of drug-likeness (QED) is 0.594. The molecule has 0 fully saturated rings. The highest BCUT2D eigenvalue weighted by atomic mass is 16.2. The van der Waals surface area contributed by atoms with E-state index in [2.05, 4.69) is 4.98 Å². The van der Waals surface area contributed by atoms with Crippen molar-refractivity contribution in [2.24, 2.45) is 5.73 Å². The number of nitrogens with one attached hydrogen (secondary N) is 1. The van der Waals surface area contributed by atoms with E-state index in [1.807, 2.05) is 36.5 Å². The normalized spacial score (nSPS) is 16.8. The zero-order valence-corrected chi connectivity index (χ0v) is 7.90. The molecule has 0 aromatic carbocycles. The maximum Gasteiger partial charge on any atom is 0.326 e. The molecule has 0 atom stereocenters. The summed E-state index contributed by atoms with van der Waals surface area (Å²) in [5, 5.41) is 0. The first-order valence-corrected chi connectivity index (χ1v) is 4.65. The summed E-state index contributed by atoms with van der Waals surface area (Å²) in [4.78, 5) is 14.2. The van der Waals surface area contributed by atoms with Crippen molar-refractivity contribution in [2.75, 3.05) is 0 Å². The van der Waals surface area contributed by atoms with Crippen LogP contribution in [0.3, 0.4) is 0 Å². The number of amides is 1. The Morgan fingerprint density at radius 2 is 2.20 bits per heavy atom. The Hall–Kier alpha value is -2.23. The maximum absolute atomic E-state index is 11.1. The van der Waals surface area contributed by atoms with Crippen LogP contribution in [-0.2, 0) is 0 Å². The number of hydrogen-bond donors (Lipinski definition) is 2. The molecule has 4 heteroatoms. The number of carbonyl (C=O) groups excluding carboxylic acids is 1. The number of allylic oxidation sites excluding steroid dienone is 6. The van der Waals surface area contributed by atoms with Gasteiger partial charge in [0.15, 0.2) is 0 Å². The van der Waals surface area contributed by atoms with Gasteiger partial charge in [-0.05, 0) is 11.6 Å². The molecule has 2 bridgehead atoms. The highest BCUT2D eigenvalue weighted by Crippen LogP contribution is 2.17. The predicted molar refractivity (Wildman–Crippen MR) is 57.3 cm³/mol. The molecule has 3 heterocycles. The van der Waals surface area contributed by atoms with E-state index in [-0.39, 0.29) is 0 Å². The minimum atomic E-state index is -0.452. The van der Waals surface area contributed by atoms with Crippen LogP contribution in [0.5, 0.6) is 0 Å². The lowest BCUT2D eigenvalue weighted by Crippen LogP contribution is -2.55. The second kappa shape index (κ2) is 2.63. The van der Waals surface area contributed by atoms with E-state index in [1.165, 1.54) is 4.57 Å². The van der Waals surface area contributed by atoms with Crippen molar-refractivity contribution in [1.82, 2.24) is 9.55 Å². The molecular weight excluding hydrogens is 190 g/mol. The lowest BCUT2D eigenvalue weighted by Gasteiger charge is -2.18. The summed E-state index contributed by atoms with van der Waals surface area (Å²) >= 11 is 0. The van der Waals surface area contributed by atoms with Gasteiger partial charge in [0.05, 0.1) is 0 Å². The van der Waals surface area contributed by atoms with Crippen LogP contribution in [0.2, 0.25) is 0 Å². The van der Waals surface area contributed by atoms with Gasteiger partial charge in [-0.1, -0.05) is 30.4 Å². The minimum absolute atomic E-state index is 0.452. The third-order valence-electron chi connectivity index (χ3n) is 2.55. The Morgan fingerprint density at radius 1 is 1.33 bits per heavy atom. The largest absolute Gasteiger partial charge is 0.351 e. The van der Waals surface area contributed by atoms with Crippen molar-refractivity contribution in [2.45, 2.75) is 0 Å². The van der Waals surface area contributed by atoms with Crippen molar-refractivity contribution >= 4 is 17.7 Å². The SMILES string of the molecule is NC(=O)n1c2[nH]c1=C1C=CC=CC=C1C=2. The monoisotopic (exact) mass is 199 g/mol. The number of rotatable bonds is 0. The van der Waals surface area contributed by atoms with Crippen LogP contribution in [0.25, 0.3) is 11.6 Å². The summed E-state index contributed by atoms with van der Waals surface area (Å²) in [6, 6.07) is -0.452. The smallest absolute Gasteiger partial charge is 0.326 e. The Balaban J connectivity index is 2.35. The number of carbonyl (C=O) groups is 1. The van der Waals surface area contributed by atoms with Gasteiger partial charge >= 0.3 is 6.03 Å². The van der Waals surface area contributed by atoms with Gasteiger partial charge in [0.2, 0.25) is 0 Å². The number of H-pyrrole nitrogens is 1. The third-order valence-corrected chi connectivity index (χ3v) is 2.55. The molecule has 0 saturated carbocycles. The standard InChI is InChI=1S/C11H9N3O/c12-11(15)14-9-6-7-4-2-1-3-5-8(7)10(14)13-9/h1-6,13H,(H2,12,15). The predicted octanol–water partition coefficient (Wildman–Crippen LogP) is -0.260. The Bertz CT molecular complexity index is 649. The number of aromatic nitrogens is 2. The van der Waals surface area contributed by atoms with Crippen LogP contribution in [0.1, 0.15) is 0 Å². The molecule has 0 unspecified atom stereocenters. The third kappa shape index (κ3) is 0.985. The lowest BCUT2D eigenvalue weighted by atomic mass is 10.0. The molecule has 4 rings (SSSR count). The molecule has 4 nitrogen and oxygen atoms in total. The van der Waals surface area contributed by atoms with Crippen molar-refractivity contribution in [3.8, 4) is 0 Å². The average Bonchev–Trinajstić information content (AvgIpc) is 2.39. The molecule has 1 aliphatic carbocycles. The highest BCUT2D eigenvalue weighted by Gasteiger charge is 2.17. The van der Waals surface area contributed by atoms with E-state index < -0.39 is 6.03 Å². The summed E-state index contributed by atoms with van der Waals surface area (Å²) in [5.41, 5.74) is 8.87. The Kier molecular flexibility index (Phi) is 1.42. The first-order valence-electron chi connectivity index (χ1n) is 4.65. The van der Waals surface area contributed by atoms with E-state index in [0.717, 1.165) is 22.1 Å². The van der Waals surface area contributed by atoms with Gasteiger partial charge in [-0.2, -0.15) is 0 Å². The Morgan fingerprint density at radius 3 is 3.00 bits per heavy atom. The summed E-state index contributed by atoms with van der Waals surface area (Å²) in [5.74, 6) is 0. The van der Waals surface area contributed by atoms with Crippen molar-refractivity contribution in [3.63, 3.8) is 0 Å². The van der Waals surface area contributed by atoms with E-state index in [1.54, 1.807) is 0 Å². The topological polar surface area (TPSA) is 63.8 Å². The molecule has 0 spiro atoms. The fourth-order valence-electron chi connectivity index (χ4n) is 1.87. The molecule has 0 saturated heterocycles. The van der Waals surface area contributed by atoms with Crippen LogP contribution in [0.4, 0.5) is 4.79 Å². The lowest BCUT2D eigenvalue weighted by molar-refractivity contribution is 0.247. The van der Waals surface area contributed by atoms with Gasteiger partial charge in [0.1, 0.15) is 11.0 Å². The summed E-state index contributed by atoms with van der Waals surface area (Å²) < 4.78 is 1.47. The average molecular weight is 199 g/mol. The zero-order chi connectivity index (χ0) is 10.4. The van der Waals surface area contributed by atoms with E-state index in [0.29, 0.717) is 0 Å². The first-order chi connectivity index (χ1) is 7.27. The van der Waals surface area contributed by atoms with Crippen molar-refractivity contribution in [3.05, 3.63) is 46.9 Å². The molecular formula is C11H9N3O. The molecule has 2 aliphatic heterocycles. The summed E-state index contributed by atoms with van der Waals surface area (Å²) in [7, 11) is 0. The number of nitrogens with two attached hydrogens (primary N) is 1. The van der Waals surface area contributed by atoms with Crippen LogP contribution >= 0.6 is 0 Å². The fourth-order valence-corrected chi connectivity index (χ4v) is 1.87. The summed E-state index contributed by atoms with van der Waals surface area (Å²) in [6.07, 6.45) is 11.7. The maximum atomic E-state index is 11.1. The molecule has 3 N–H and O–H groups in total. The second-order valence-electron chi connectivity index (χ2n) is 3.46. The molecule has 15 heavy (non-hydrogen) atoms. The second-order valence-corrected chi connectivity index (χ2v) is 3.46. The van der Waals surface area contributed by atoms with E-state index in [4.69, 9.17) is 5.73 Å². The molecule has 3 aliphatic rings. The number of aromatic amines is 1. The summed E-state index contributed by atoms with van der Waals surface area (Å²) in [6.45, 7) is 0. The molecule has 1 aromatic heterocycles. The van der Waals surface area contributed by atoms with E-state index in [9.17, 15) is 4.79 Å². The Labute approximate surface area is 85.4 Å². The van der Waals surface area contributed by atoms with Crippen molar-refractivity contribution < 1.29 is 4.79 Å². The minimum Gasteiger partial charge on any atom is -0.351 e. The number of hydrogen-bond acceptors (Lipinski definition) is 1. The van der Waals surface area contributed by atoms with E-state index >= 15 is 0 Å².